The highest BCUT2D eigenvalue weighted by atomic mass is 16.5. The monoisotopic (exact) mass is 251 g/mol. The first kappa shape index (κ1) is 12.9. The van der Waals surface area contributed by atoms with Crippen LogP contribution in [-0.4, -0.2) is 24.8 Å². The summed E-state index contributed by atoms with van der Waals surface area (Å²) in [4.78, 5) is 0. The van der Waals surface area contributed by atoms with Crippen molar-refractivity contribution >= 4 is 0 Å². The Labute approximate surface area is 112 Å². The van der Waals surface area contributed by atoms with E-state index in [1.54, 1.807) is 0 Å². The van der Waals surface area contributed by atoms with Crippen molar-refractivity contribution < 1.29 is 4.74 Å². The minimum atomic E-state index is 0.202. The van der Waals surface area contributed by atoms with Crippen LogP contribution in [0.4, 0.5) is 0 Å². The molecule has 0 aromatic heterocycles. The molecule has 0 aromatic rings. The molecule has 0 aromatic carbocycles. The highest BCUT2D eigenvalue weighted by molar-refractivity contribution is 4.93. The molecule has 3 fully saturated rings. The lowest BCUT2D eigenvalue weighted by atomic mass is 9.78. The van der Waals surface area contributed by atoms with E-state index in [2.05, 4.69) is 12.2 Å². The number of morpholine rings is 1. The summed E-state index contributed by atoms with van der Waals surface area (Å²) in [7, 11) is 0. The third-order valence-electron chi connectivity index (χ3n) is 5.49. The Bertz CT molecular complexity index is 264. The molecule has 1 unspecified atom stereocenters. The average Bonchev–Trinajstić information content (AvgIpc) is 2.87. The van der Waals surface area contributed by atoms with Crippen molar-refractivity contribution in [3.63, 3.8) is 0 Å². The fraction of sp³-hybridized carbons (Fsp3) is 1.00. The van der Waals surface area contributed by atoms with Gasteiger partial charge in [0.05, 0.1) is 11.7 Å². The van der Waals surface area contributed by atoms with Gasteiger partial charge >= 0.3 is 0 Å². The summed E-state index contributed by atoms with van der Waals surface area (Å²) in [5.41, 5.74) is 0.202. The van der Waals surface area contributed by atoms with Crippen LogP contribution in [-0.2, 0) is 4.74 Å². The molecule has 1 aliphatic heterocycles. The third-order valence-corrected chi connectivity index (χ3v) is 5.49. The van der Waals surface area contributed by atoms with Gasteiger partial charge in [-0.3, -0.25) is 0 Å². The largest absolute Gasteiger partial charge is 0.369 e. The first-order valence-corrected chi connectivity index (χ1v) is 8.14. The molecule has 2 aliphatic carbocycles. The summed E-state index contributed by atoms with van der Waals surface area (Å²) in [5.74, 6) is 1.86. The van der Waals surface area contributed by atoms with E-state index in [4.69, 9.17) is 4.74 Å². The van der Waals surface area contributed by atoms with E-state index in [0.717, 1.165) is 24.9 Å². The van der Waals surface area contributed by atoms with Crippen molar-refractivity contribution in [1.29, 1.82) is 0 Å². The Morgan fingerprint density at radius 2 is 1.83 bits per heavy atom. The minimum absolute atomic E-state index is 0.202. The highest BCUT2D eigenvalue weighted by Gasteiger charge is 2.40. The normalized spacial score (nSPS) is 42.5. The maximum absolute atomic E-state index is 6.56. The van der Waals surface area contributed by atoms with Gasteiger partial charge in [-0.2, -0.15) is 0 Å². The molecular formula is C16H29NO. The Balaban J connectivity index is 1.54. The molecular weight excluding hydrogens is 222 g/mol. The van der Waals surface area contributed by atoms with Crippen LogP contribution in [0.2, 0.25) is 0 Å². The Kier molecular flexibility index (Phi) is 3.95. The fourth-order valence-corrected chi connectivity index (χ4v) is 4.23. The maximum atomic E-state index is 6.56. The maximum Gasteiger partial charge on any atom is 0.0810 e. The van der Waals surface area contributed by atoms with Crippen molar-refractivity contribution in [2.24, 2.45) is 11.8 Å². The summed E-state index contributed by atoms with van der Waals surface area (Å²) in [6.07, 6.45) is 12.9. The van der Waals surface area contributed by atoms with E-state index in [1.165, 1.54) is 57.8 Å². The topological polar surface area (TPSA) is 21.3 Å². The second-order valence-corrected chi connectivity index (χ2v) is 7.12. The molecule has 3 aliphatic rings. The SMILES string of the molecule is CC1CCC2(CC1)CNCC(CC1CCCC1)O2. The molecule has 1 heterocycles. The number of nitrogens with one attached hydrogen (secondary N) is 1. The van der Waals surface area contributed by atoms with Crippen LogP contribution in [0.15, 0.2) is 0 Å². The van der Waals surface area contributed by atoms with Crippen LogP contribution in [0.25, 0.3) is 0 Å². The van der Waals surface area contributed by atoms with E-state index in [9.17, 15) is 0 Å². The lowest BCUT2D eigenvalue weighted by Gasteiger charge is -2.46. The van der Waals surface area contributed by atoms with Gasteiger partial charge in [-0.25, -0.2) is 0 Å². The Morgan fingerprint density at radius 1 is 1.11 bits per heavy atom. The van der Waals surface area contributed by atoms with E-state index in [0.29, 0.717) is 6.10 Å². The zero-order chi connectivity index (χ0) is 12.4. The zero-order valence-corrected chi connectivity index (χ0v) is 11.9. The fourth-order valence-electron chi connectivity index (χ4n) is 4.23. The van der Waals surface area contributed by atoms with Crippen LogP contribution in [0.1, 0.15) is 64.7 Å². The molecule has 1 atom stereocenters. The van der Waals surface area contributed by atoms with Gasteiger partial charge in [0.2, 0.25) is 0 Å². The van der Waals surface area contributed by atoms with Gasteiger partial charge in [0, 0.05) is 13.1 Å². The standard InChI is InChI=1S/C16H29NO/c1-13-6-8-16(9-7-13)12-17-11-15(18-16)10-14-4-2-3-5-14/h13-15,17H,2-12H2,1H3. The average molecular weight is 251 g/mol. The predicted octanol–water partition coefficient (Wildman–Crippen LogP) is 3.50. The number of hydrogen-bond acceptors (Lipinski definition) is 2. The molecule has 1 spiro atoms. The van der Waals surface area contributed by atoms with Crippen molar-refractivity contribution in [3.05, 3.63) is 0 Å². The number of hydrogen-bond donors (Lipinski definition) is 1. The van der Waals surface area contributed by atoms with Crippen molar-refractivity contribution in [2.75, 3.05) is 13.1 Å². The van der Waals surface area contributed by atoms with Gasteiger partial charge in [-0.05, 0) is 43.9 Å². The molecule has 3 rings (SSSR count). The van der Waals surface area contributed by atoms with Crippen LogP contribution < -0.4 is 5.32 Å². The second-order valence-electron chi connectivity index (χ2n) is 7.12. The summed E-state index contributed by atoms with van der Waals surface area (Å²) in [6, 6.07) is 0. The molecule has 2 nitrogen and oxygen atoms in total. The van der Waals surface area contributed by atoms with Gasteiger partial charge in [-0.15, -0.1) is 0 Å². The third kappa shape index (κ3) is 2.91. The smallest absolute Gasteiger partial charge is 0.0810 e. The van der Waals surface area contributed by atoms with Crippen molar-refractivity contribution in [3.8, 4) is 0 Å². The van der Waals surface area contributed by atoms with E-state index < -0.39 is 0 Å². The molecule has 2 heteroatoms. The van der Waals surface area contributed by atoms with E-state index in [1.807, 2.05) is 0 Å². The minimum Gasteiger partial charge on any atom is -0.369 e. The first-order chi connectivity index (χ1) is 8.76. The first-order valence-electron chi connectivity index (χ1n) is 8.14. The van der Waals surface area contributed by atoms with Crippen LogP contribution in [0.5, 0.6) is 0 Å². The van der Waals surface area contributed by atoms with E-state index in [-0.39, 0.29) is 5.60 Å². The van der Waals surface area contributed by atoms with Gasteiger partial charge < -0.3 is 10.1 Å². The molecule has 2 saturated carbocycles. The summed E-state index contributed by atoms with van der Waals surface area (Å²) >= 11 is 0. The Hall–Kier alpha value is -0.0800. The van der Waals surface area contributed by atoms with Gasteiger partial charge in [-0.1, -0.05) is 32.6 Å². The van der Waals surface area contributed by atoms with Crippen LogP contribution >= 0.6 is 0 Å². The predicted molar refractivity (Wildman–Crippen MR) is 74.7 cm³/mol. The van der Waals surface area contributed by atoms with Gasteiger partial charge in [0.1, 0.15) is 0 Å². The molecule has 1 N–H and O–H groups in total. The highest BCUT2D eigenvalue weighted by Crippen LogP contribution is 2.38. The quantitative estimate of drug-likeness (QED) is 0.811. The van der Waals surface area contributed by atoms with Gasteiger partial charge in [0.15, 0.2) is 0 Å². The lowest BCUT2D eigenvalue weighted by Crippen LogP contribution is -2.55. The number of ether oxygens (including phenoxy) is 1. The molecule has 0 radical (unpaired) electrons. The summed E-state index contributed by atoms with van der Waals surface area (Å²) < 4.78 is 6.56. The van der Waals surface area contributed by atoms with Crippen LogP contribution in [0.3, 0.4) is 0 Å². The zero-order valence-electron chi connectivity index (χ0n) is 11.9. The molecule has 18 heavy (non-hydrogen) atoms. The Morgan fingerprint density at radius 3 is 2.56 bits per heavy atom. The summed E-state index contributed by atoms with van der Waals surface area (Å²) in [5, 5.41) is 3.66. The van der Waals surface area contributed by atoms with Crippen LogP contribution in [0, 0.1) is 11.8 Å². The van der Waals surface area contributed by atoms with Crippen molar-refractivity contribution in [1.82, 2.24) is 5.32 Å². The molecule has 0 amide bonds. The summed E-state index contributed by atoms with van der Waals surface area (Å²) in [6.45, 7) is 4.58. The van der Waals surface area contributed by atoms with Crippen molar-refractivity contribution in [2.45, 2.75) is 76.4 Å². The lowest BCUT2D eigenvalue weighted by molar-refractivity contribution is -0.143. The van der Waals surface area contributed by atoms with Gasteiger partial charge in [0.25, 0.3) is 0 Å². The molecule has 0 bridgehead atoms. The number of rotatable bonds is 2. The second kappa shape index (κ2) is 5.50. The molecule has 1 saturated heterocycles. The molecule has 104 valence electrons. The van der Waals surface area contributed by atoms with E-state index >= 15 is 0 Å².